The molecule has 0 spiro atoms. The van der Waals surface area contributed by atoms with Gasteiger partial charge in [-0.3, -0.25) is 0 Å². The zero-order valence-electron chi connectivity index (χ0n) is 16.0. The molecule has 0 bridgehead atoms. The van der Waals surface area contributed by atoms with Crippen LogP contribution in [0.5, 0.6) is 5.75 Å². The van der Waals surface area contributed by atoms with Gasteiger partial charge in [-0.2, -0.15) is 5.10 Å². The maximum atomic E-state index is 12.0. The first-order valence-corrected chi connectivity index (χ1v) is 9.57. The minimum Gasteiger partial charge on any atom is -0.496 e. The lowest BCUT2D eigenvalue weighted by Crippen LogP contribution is -2.24. The Morgan fingerprint density at radius 3 is 2.59 bits per heavy atom. The van der Waals surface area contributed by atoms with Gasteiger partial charge in [0.05, 0.1) is 13.3 Å². The number of nitrogens with one attached hydrogen (secondary N) is 2. The van der Waals surface area contributed by atoms with Crippen molar-refractivity contribution >= 4 is 39.6 Å². The number of hydrogen-bond acceptors (Lipinski definition) is 4. The molecule has 2 aromatic rings. The minimum atomic E-state index is -0.410. The van der Waals surface area contributed by atoms with Crippen LogP contribution in [0.2, 0.25) is 0 Å². The maximum absolute atomic E-state index is 12.0. The van der Waals surface area contributed by atoms with Crippen LogP contribution in [0.3, 0.4) is 0 Å². The summed E-state index contributed by atoms with van der Waals surface area (Å²) in [6.45, 7) is 8.02. The van der Waals surface area contributed by atoms with Crippen molar-refractivity contribution in [1.82, 2.24) is 5.43 Å². The molecule has 2 aromatic carbocycles. The van der Waals surface area contributed by atoms with Crippen molar-refractivity contribution in [3.05, 3.63) is 52.0 Å². The van der Waals surface area contributed by atoms with Crippen molar-refractivity contribution in [3.8, 4) is 5.75 Å². The Kier molecular flexibility index (Phi) is 7.67. The molecule has 0 unspecified atom stereocenters. The molecule has 0 fully saturated rings. The van der Waals surface area contributed by atoms with E-state index in [-0.39, 0.29) is 0 Å². The quantitative estimate of drug-likeness (QED) is 0.489. The normalized spacial score (nSPS) is 10.7. The van der Waals surface area contributed by atoms with Crippen molar-refractivity contribution in [2.45, 2.75) is 20.8 Å². The smallest absolute Gasteiger partial charge is 0.339 e. The zero-order valence-corrected chi connectivity index (χ0v) is 17.6. The Bertz CT molecular complexity index is 820. The van der Waals surface area contributed by atoms with Crippen LogP contribution in [0.15, 0.2) is 46.0 Å². The van der Waals surface area contributed by atoms with Gasteiger partial charge in [-0.25, -0.2) is 10.2 Å². The molecule has 0 saturated heterocycles. The number of urea groups is 1. The summed E-state index contributed by atoms with van der Waals surface area (Å²) >= 11 is 3.43. The number of aryl methyl sites for hydroxylation is 1. The molecule has 0 aliphatic rings. The topological polar surface area (TPSA) is 66.0 Å². The second-order valence-corrected chi connectivity index (χ2v) is 6.74. The van der Waals surface area contributed by atoms with Gasteiger partial charge in [0, 0.05) is 40.6 Å². The second-order valence-electron chi connectivity index (χ2n) is 5.89. The third-order valence-electron chi connectivity index (χ3n) is 4.13. The third kappa shape index (κ3) is 5.72. The molecular formula is C20H25BrN4O2. The highest BCUT2D eigenvalue weighted by Crippen LogP contribution is 2.24. The fourth-order valence-electron chi connectivity index (χ4n) is 2.63. The van der Waals surface area contributed by atoms with Crippen LogP contribution in [-0.4, -0.2) is 32.4 Å². The number of nitrogens with zero attached hydrogens (tertiary/aromatic N) is 2. The van der Waals surface area contributed by atoms with E-state index in [1.54, 1.807) is 13.3 Å². The van der Waals surface area contributed by atoms with Crippen molar-refractivity contribution < 1.29 is 9.53 Å². The Morgan fingerprint density at radius 1 is 1.22 bits per heavy atom. The van der Waals surface area contributed by atoms with Crippen molar-refractivity contribution in [3.63, 3.8) is 0 Å². The van der Waals surface area contributed by atoms with Crippen LogP contribution >= 0.6 is 15.9 Å². The number of rotatable bonds is 7. The van der Waals surface area contributed by atoms with Crippen molar-refractivity contribution in [2.75, 3.05) is 30.4 Å². The van der Waals surface area contributed by atoms with Gasteiger partial charge < -0.3 is 15.0 Å². The third-order valence-corrected chi connectivity index (χ3v) is 5.02. The molecule has 0 heterocycles. The summed E-state index contributed by atoms with van der Waals surface area (Å²) in [4.78, 5) is 14.2. The number of hydrogen-bond donors (Lipinski definition) is 2. The van der Waals surface area contributed by atoms with Gasteiger partial charge in [-0.05, 0) is 56.7 Å². The summed E-state index contributed by atoms with van der Waals surface area (Å²) in [5.41, 5.74) is 6.08. The van der Waals surface area contributed by atoms with Crippen LogP contribution in [0, 0.1) is 6.92 Å². The van der Waals surface area contributed by atoms with Crippen LogP contribution in [0.1, 0.15) is 25.0 Å². The maximum Gasteiger partial charge on any atom is 0.339 e. The Labute approximate surface area is 168 Å². The Hall–Kier alpha value is -2.54. The summed E-state index contributed by atoms with van der Waals surface area (Å²) in [6.07, 6.45) is 1.57. The van der Waals surface area contributed by atoms with Gasteiger partial charge in [-0.1, -0.05) is 15.9 Å². The highest BCUT2D eigenvalue weighted by Gasteiger charge is 2.07. The van der Waals surface area contributed by atoms with Gasteiger partial charge >= 0.3 is 6.03 Å². The van der Waals surface area contributed by atoms with Gasteiger partial charge in [0.25, 0.3) is 0 Å². The molecule has 0 saturated carbocycles. The lowest BCUT2D eigenvalue weighted by atomic mass is 10.2. The van der Waals surface area contributed by atoms with E-state index in [1.807, 2.05) is 43.3 Å². The number of halogens is 1. The number of hydrazone groups is 1. The van der Waals surface area contributed by atoms with E-state index in [2.05, 4.69) is 50.5 Å². The lowest BCUT2D eigenvalue weighted by Gasteiger charge is -2.21. The molecule has 0 aliphatic heterocycles. The number of ether oxygens (including phenoxy) is 1. The molecule has 2 amide bonds. The van der Waals surface area contributed by atoms with Crippen molar-refractivity contribution in [1.29, 1.82) is 0 Å². The van der Waals surface area contributed by atoms with E-state index < -0.39 is 6.03 Å². The van der Waals surface area contributed by atoms with Crippen LogP contribution in [-0.2, 0) is 0 Å². The van der Waals surface area contributed by atoms with E-state index >= 15 is 0 Å². The second kappa shape index (κ2) is 9.97. The first-order chi connectivity index (χ1) is 13.0. The van der Waals surface area contributed by atoms with E-state index in [1.165, 1.54) is 0 Å². The monoisotopic (exact) mass is 432 g/mol. The number of anilines is 2. The lowest BCUT2D eigenvalue weighted by molar-refractivity contribution is 0.252. The molecule has 144 valence electrons. The molecule has 0 aromatic heterocycles. The minimum absolute atomic E-state index is 0.410. The molecule has 0 aliphatic carbocycles. The molecule has 7 heteroatoms. The van der Waals surface area contributed by atoms with Crippen LogP contribution in [0.4, 0.5) is 16.2 Å². The van der Waals surface area contributed by atoms with Crippen LogP contribution < -0.4 is 20.4 Å². The average Bonchev–Trinajstić information content (AvgIpc) is 2.66. The summed E-state index contributed by atoms with van der Waals surface area (Å²) in [6, 6.07) is 11.1. The molecule has 6 nitrogen and oxygen atoms in total. The van der Waals surface area contributed by atoms with Crippen LogP contribution in [0.25, 0.3) is 0 Å². The SMILES string of the molecule is CCN(CC)c1ccc(/C=N/NC(=O)Nc2ccc(Br)c(C)c2)c(OC)c1. The number of methoxy groups -OCH3 is 1. The predicted molar refractivity (Wildman–Crippen MR) is 115 cm³/mol. The number of carbonyl (C=O) groups is 1. The van der Waals surface area contributed by atoms with E-state index in [0.717, 1.165) is 34.4 Å². The van der Waals surface area contributed by atoms with E-state index in [9.17, 15) is 4.79 Å². The van der Waals surface area contributed by atoms with E-state index in [4.69, 9.17) is 4.74 Å². The molecular weight excluding hydrogens is 408 g/mol. The summed E-state index contributed by atoms with van der Waals surface area (Å²) in [7, 11) is 1.62. The average molecular weight is 433 g/mol. The highest BCUT2D eigenvalue weighted by atomic mass is 79.9. The Balaban J connectivity index is 2.02. The van der Waals surface area contributed by atoms with E-state index in [0.29, 0.717) is 11.4 Å². The molecule has 0 radical (unpaired) electrons. The largest absolute Gasteiger partial charge is 0.496 e. The highest BCUT2D eigenvalue weighted by molar-refractivity contribution is 9.10. The summed E-state index contributed by atoms with van der Waals surface area (Å²) in [5, 5.41) is 6.75. The summed E-state index contributed by atoms with van der Waals surface area (Å²) < 4.78 is 6.44. The number of benzene rings is 2. The fourth-order valence-corrected chi connectivity index (χ4v) is 2.88. The first kappa shape index (κ1) is 20.8. The van der Waals surface area contributed by atoms with Gasteiger partial charge in [0.2, 0.25) is 0 Å². The van der Waals surface area contributed by atoms with Gasteiger partial charge in [-0.15, -0.1) is 0 Å². The predicted octanol–water partition coefficient (Wildman–Crippen LogP) is 4.77. The fraction of sp³-hybridized carbons (Fsp3) is 0.300. The van der Waals surface area contributed by atoms with Crippen molar-refractivity contribution in [2.24, 2.45) is 5.10 Å². The molecule has 2 N–H and O–H groups in total. The molecule has 0 atom stereocenters. The molecule has 27 heavy (non-hydrogen) atoms. The summed E-state index contributed by atoms with van der Waals surface area (Å²) in [5.74, 6) is 0.703. The molecule has 2 rings (SSSR count). The van der Waals surface area contributed by atoms with Gasteiger partial charge in [0.1, 0.15) is 5.75 Å². The van der Waals surface area contributed by atoms with Gasteiger partial charge in [0.15, 0.2) is 0 Å². The zero-order chi connectivity index (χ0) is 19.8. The Morgan fingerprint density at radius 2 is 1.96 bits per heavy atom. The first-order valence-electron chi connectivity index (χ1n) is 8.77. The number of carbonyl (C=O) groups excluding carboxylic acids is 1. The standard InChI is InChI=1S/C20H25BrN4O2/c1-5-25(6-2)17-9-7-15(19(12-17)27-4)13-22-24-20(26)23-16-8-10-18(21)14(3)11-16/h7-13H,5-6H2,1-4H3,(H2,23,24,26)/b22-13+. The number of amides is 2.